The number of nitro groups is 1. The number of ketones is 1. The van der Waals surface area contributed by atoms with Gasteiger partial charge in [-0.25, -0.2) is 0 Å². The molecule has 0 unspecified atom stereocenters. The van der Waals surface area contributed by atoms with Crippen molar-refractivity contribution in [2.45, 2.75) is 13.0 Å². The van der Waals surface area contributed by atoms with Crippen molar-refractivity contribution in [2.24, 2.45) is 0 Å². The van der Waals surface area contributed by atoms with Gasteiger partial charge in [-0.05, 0) is 48.9 Å². The fourth-order valence-electron chi connectivity index (χ4n) is 3.66. The number of anilines is 1. The molecule has 0 bridgehead atoms. The Morgan fingerprint density at radius 1 is 0.969 bits per heavy atom. The number of hydrogen-bond donors (Lipinski definition) is 1. The molecule has 1 N–H and O–H groups in total. The van der Waals surface area contributed by atoms with Crippen LogP contribution in [0.4, 0.5) is 11.4 Å². The molecule has 3 aromatic carbocycles. The quantitative estimate of drug-likeness (QED) is 0.175. The van der Waals surface area contributed by atoms with Crippen molar-refractivity contribution in [3.8, 4) is 0 Å². The fraction of sp³-hybridized carbons (Fsp3) is 0.0833. The summed E-state index contributed by atoms with van der Waals surface area (Å²) in [4.78, 5) is 37.9. The molecule has 8 heteroatoms. The lowest BCUT2D eigenvalue weighted by Crippen LogP contribution is -2.29. The van der Waals surface area contributed by atoms with Crippen LogP contribution < -0.4 is 4.90 Å². The average molecular weight is 493 g/mol. The lowest BCUT2D eigenvalue weighted by Gasteiger charge is -2.25. The summed E-state index contributed by atoms with van der Waals surface area (Å²) in [6.45, 7) is 1.92. The zero-order valence-corrected chi connectivity index (χ0v) is 18.4. The lowest BCUT2D eigenvalue weighted by molar-refractivity contribution is -0.384. The van der Waals surface area contributed by atoms with Crippen molar-refractivity contribution in [3.05, 3.63) is 110 Å². The maximum Gasteiger partial charge on any atom is 0.300 e. The van der Waals surface area contributed by atoms with E-state index >= 15 is 0 Å². The molecule has 3 aromatic rings. The number of benzene rings is 3. The number of rotatable bonds is 4. The van der Waals surface area contributed by atoms with Gasteiger partial charge in [0.2, 0.25) is 0 Å². The Morgan fingerprint density at radius 3 is 2.12 bits per heavy atom. The zero-order valence-electron chi connectivity index (χ0n) is 16.9. The molecule has 0 spiro atoms. The Labute approximate surface area is 191 Å². The number of hydrogen-bond acceptors (Lipinski definition) is 5. The van der Waals surface area contributed by atoms with Crippen LogP contribution in [-0.2, 0) is 9.59 Å². The predicted molar refractivity (Wildman–Crippen MR) is 123 cm³/mol. The van der Waals surface area contributed by atoms with Crippen molar-refractivity contribution >= 4 is 44.8 Å². The molecule has 1 aliphatic heterocycles. The van der Waals surface area contributed by atoms with Gasteiger partial charge in [0, 0.05) is 27.9 Å². The topological polar surface area (TPSA) is 101 Å². The minimum Gasteiger partial charge on any atom is -0.507 e. The van der Waals surface area contributed by atoms with Crippen LogP contribution >= 0.6 is 15.9 Å². The second-order valence-corrected chi connectivity index (χ2v) is 8.28. The molecule has 1 heterocycles. The molecule has 32 heavy (non-hydrogen) atoms. The molecule has 0 saturated carbocycles. The Bertz CT molecular complexity index is 1250. The summed E-state index contributed by atoms with van der Waals surface area (Å²) in [5, 5.41) is 22.0. The summed E-state index contributed by atoms with van der Waals surface area (Å²) in [6.07, 6.45) is 0. The number of aliphatic hydroxyl groups excluding tert-OH is 1. The normalized spacial score (nSPS) is 17.6. The van der Waals surface area contributed by atoms with E-state index in [9.17, 15) is 24.8 Å². The van der Waals surface area contributed by atoms with Crippen molar-refractivity contribution in [3.63, 3.8) is 0 Å². The second-order valence-electron chi connectivity index (χ2n) is 7.36. The highest BCUT2D eigenvalue weighted by atomic mass is 79.9. The summed E-state index contributed by atoms with van der Waals surface area (Å²) >= 11 is 3.38. The first-order valence-electron chi connectivity index (χ1n) is 9.66. The number of aliphatic hydroxyl groups is 1. The highest BCUT2D eigenvalue weighted by Crippen LogP contribution is 2.42. The highest BCUT2D eigenvalue weighted by Gasteiger charge is 2.46. The first kappa shape index (κ1) is 21.5. The molecular formula is C24H17BrN2O5. The fourth-order valence-corrected chi connectivity index (χ4v) is 3.93. The van der Waals surface area contributed by atoms with E-state index in [4.69, 9.17) is 0 Å². The van der Waals surface area contributed by atoms with Crippen LogP contribution in [0.15, 0.2) is 82.8 Å². The van der Waals surface area contributed by atoms with Crippen molar-refractivity contribution in [2.75, 3.05) is 4.90 Å². The molecule has 0 radical (unpaired) electrons. The monoisotopic (exact) mass is 492 g/mol. The number of non-ortho nitro benzene ring substituents is 1. The molecule has 1 atom stereocenters. The maximum atomic E-state index is 13.1. The van der Waals surface area contributed by atoms with Crippen molar-refractivity contribution in [1.82, 2.24) is 0 Å². The molecule has 160 valence electrons. The number of carbonyl (C=O) groups excluding carboxylic acids is 2. The number of halogens is 1. The molecular weight excluding hydrogens is 476 g/mol. The molecule has 1 saturated heterocycles. The smallest absolute Gasteiger partial charge is 0.300 e. The standard InChI is InChI=1S/C24H17BrN2O5/c1-14-2-10-18(11-3-14)26-21(15-4-8-17(25)9-5-15)20(23(29)24(26)30)22(28)16-6-12-19(13-7-16)27(31)32/h2-13,21,28H,1H3/t21-/m0/s1. The first-order chi connectivity index (χ1) is 15.3. The van der Waals surface area contributed by atoms with Gasteiger partial charge in [0.05, 0.1) is 16.5 Å². The molecule has 0 aliphatic carbocycles. The van der Waals surface area contributed by atoms with Gasteiger partial charge in [-0.3, -0.25) is 24.6 Å². The number of carbonyl (C=O) groups is 2. The number of amides is 1. The van der Waals surface area contributed by atoms with E-state index in [1.807, 2.05) is 19.1 Å². The highest BCUT2D eigenvalue weighted by molar-refractivity contribution is 9.10. The summed E-state index contributed by atoms with van der Waals surface area (Å²) < 4.78 is 0.823. The van der Waals surface area contributed by atoms with E-state index in [1.54, 1.807) is 36.4 Å². The maximum absolute atomic E-state index is 13.1. The summed E-state index contributed by atoms with van der Waals surface area (Å²) in [5.74, 6) is -1.97. The first-order valence-corrected chi connectivity index (χ1v) is 10.4. The van der Waals surface area contributed by atoms with Crippen LogP contribution in [0.25, 0.3) is 5.76 Å². The van der Waals surface area contributed by atoms with Crippen LogP contribution in [0.1, 0.15) is 22.7 Å². The number of nitrogens with zero attached hydrogens (tertiary/aromatic N) is 2. The summed E-state index contributed by atoms with van der Waals surface area (Å²) in [6, 6.07) is 18.6. The zero-order chi connectivity index (χ0) is 23.0. The van der Waals surface area contributed by atoms with E-state index < -0.39 is 22.7 Å². The Morgan fingerprint density at radius 2 is 1.56 bits per heavy atom. The van der Waals surface area contributed by atoms with E-state index in [0.717, 1.165) is 10.0 Å². The van der Waals surface area contributed by atoms with Gasteiger partial charge >= 0.3 is 0 Å². The molecule has 1 fully saturated rings. The van der Waals surface area contributed by atoms with Gasteiger partial charge < -0.3 is 5.11 Å². The molecule has 1 amide bonds. The van der Waals surface area contributed by atoms with Crippen LogP contribution in [0.2, 0.25) is 0 Å². The van der Waals surface area contributed by atoms with Crippen LogP contribution in [-0.4, -0.2) is 21.7 Å². The Balaban J connectivity index is 1.90. The molecule has 1 aliphatic rings. The molecule has 4 rings (SSSR count). The van der Waals surface area contributed by atoms with E-state index in [0.29, 0.717) is 11.3 Å². The van der Waals surface area contributed by atoms with Gasteiger partial charge in [0.25, 0.3) is 17.4 Å². The third-order valence-electron chi connectivity index (χ3n) is 5.29. The minimum atomic E-state index is -0.860. The van der Waals surface area contributed by atoms with Crippen molar-refractivity contribution < 1.29 is 19.6 Å². The van der Waals surface area contributed by atoms with E-state index in [-0.39, 0.29) is 22.6 Å². The summed E-state index contributed by atoms with van der Waals surface area (Å²) in [7, 11) is 0. The number of aryl methyl sites for hydroxylation is 1. The lowest BCUT2D eigenvalue weighted by atomic mass is 9.95. The van der Waals surface area contributed by atoms with Crippen LogP contribution in [0.5, 0.6) is 0 Å². The van der Waals surface area contributed by atoms with Crippen LogP contribution in [0, 0.1) is 17.0 Å². The molecule has 0 aromatic heterocycles. The number of Topliss-reactive ketones (excluding diaryl/α,β-unsaturated/α-hetero) is 1. The van der Waals surface area contributed by atoms with Crippen molar-refractivity contribution in [1.29, 1.82) is 0 Å². The molecule has 7 nitrogen and oxygen atoms in total. The van der Waals surface area contributed by atoms with Gasteiger partial charge in [-0.2, -0.15) is 0 Å². The summed E-state index contributed by atoms with van der Waals surface area (Å²) in [5.41, 5.74) is 2.14. The van der Waals surface area contributed by atoms with E-state index in [1.165, 1.54) is 29.2 Å². The Hall–Kier alpha value is -3.78. The predicted octanol–water partition coefficient (Wildman–Crippen LogP) is 5.29. The third-order valence-corrected chi connectivity index (χ3v) is 5.82. The minimum absolute atomic E-state index is 0.0771. The SMILES string of the molecule is Cc1ccc(N2C(=O)C(=O)C(=C(O)c3ccc([N+](=O)[O-])cc3)[C@@H]2c2ccc(Br)cc2)cc1. The van der Waals surface area contributed by atoms with Gasteiger partial charge in [-0.15, -0.1) is 0 Å². The van der Waals surface area contributed by atoms with Gasteiger partial charge in [-0.1, -0.05) is 45.8 Å². The van der Waals surface area contributed by atoms with Crippen LogP contribution in [0.3, 0.4) is 0 Å². The van der Waals surface area contributed by atoms with Gasteiger partial charge in [0.1, 0.15) is 5.76 Å². The third kappa shape index (κ3) is 3.80. The largest absolute Gasteiger partial charge is 0.507 e. The Kier molecular flexibility index (Phi) is 5.63. The van der Waals surface area contributed by atoms with E-state index in [2.05, 4.69) is 15.9 Å². The number of nitro benzene ring substituents is 1. The average Bonchev–Trinajstić information content (AvgIpc) is 3.05. The van der Waals surface area contributed by atoms with Gasteiger partial charge in [0.15, 0.2) is 0 Å². The second kappa shape index (κ2) is 8.39.